The summed E-state index contributed by atoms with van der Waals surface area (Å²) in [6, 6.07) is 7.12. The number of halogens is 1. The summed E-state index contributed by atoms with van der Waals surface area (Å²) in [4.78, 5) is 25.2. The molecule has 0 spiro atoms. The normalized spacial score (nSPS) is 15.6. The number of hydrogen-bond acceptors (Lipinski definition) is 9. The molecular weight excluding hydrogens is 450 g/mol. The van der Waals surface area contributed by atoms with E-state index < -0.39 is 0 Å². The number of furan rings is 1. The highest BCUT2D eigenvalue weighted by molar-refractivity contribution is 6.28. The predicted octanol–water partition coefficient (Wildman–Crippen LogP) is 3.79. The standard InChI is InChI=1S/C22H20ClN5O5/c1-11-9-24-18-17-12-3-6-16(27-13(12)4-5-14(17)32-19(18)20(29)26-11)33-21-15(31-8-7-30-2)10-25-22(23)28-21/h3-6,10-11,24H,7-9H2,1-2H3,(H,26,29)/t11-/m1/s1. The highest BCUT2D eigenvalue weighted by Gasteiger charge is 2.26. The summed E-state index contributed by atoms with van der Waals surface area (Å²) in [5.74, 6) is 0.765. The van der Waals surface area contributed by atoms with Crippen molar-refractivity contribution in [3.05, 3.63) is 41.5 Å². The Bertz CT molecular complexity index is 1360. The van der Waals surface area contributed by atoms with Crippen molar-refractivity contribution in [2.24, 2.45) is 0 Å². The maximum Gasteiger partial charge on any atom is 0.289 e. The van der Waals surface area contributed by atoms with Crippen molar-refractivity contribution in [3.63, 3.8) is 0 Å². The van der Waals surface area contributed by atoms with Gasteiger partial charge in [0.05, 0.1) is 29.4 Å². The molecule has 4 aromatic rings. The molecule has 5 rings (SSSR count). The SMILES string of the molecule is COCCOc1cnc(Cl)nc1Oc1ccc2c(ccc3oc4c(c32)NC[C@@H](C)NC4=O)n1. The lowest BCUT2D eigenvalue weighted by Crippen LogP contribution is -2.34. The molecule has 0 radical (unpaired) electrons. The molecule has 3 aromatic heterocycles. The van der Waals surface area contributed by atoms with E-state index in [2.05, 4.69) is 25.6 Å². The maximum absolute atomic E-state index is 12.5. The predicted molar refractivity (Wildman–Crippen MR) is 121 cm³/mol. The molecule has 0 unspecified atom stereocenters. The fourth-order valence-electron chi connectivity index (χ4n) is 3.60. The Labute approximate surface area is 193 Å². The Morgan fingerprint density at radius 1 is 1.21 bits per heavy atom. The van der Waals surface area contributed by atoms with Crippen LogP contribution in [0.25, 0.3) is 21.9 Å². The van der Waals surface area contributed by atoms with E-state index in [0.717, 1.165) is 10.8 Å². The molecule has 0 saturated heterocycles. The van der Waals surface area contributed by atoms with Crippen LogP contribution in [0, 0.1) is 0 Å². The summed E-state index contributed by atoms with van der Waals surface area (Å²) in [7, 11) is 1.58. The topological polar surface area (TPSA) is 121 Å². The maximum atomic E-state index is 12.5. The van der Waals surface area contributed by atoms with Crippen molar-refractivity contribution < 1.29 is 23.4 Å². The van der Waals surface area contributed by atoms with Gasteiger partial charge in [-0.25, -0.2) is 9.97 Å². The van der Waals surface area contributed by atoms with Gasteiger partial charge in [-0.1, -0.05) is 0 Å². The summed E-state index contributed by atoms with van der Waals surface area (Å²) < 4.78 is 22.3. The number of aromatic nitrogens is 3. The number of fused-ring (bicyclic) bond motifs is 5. The Morgan fingerprint density at radius 3 is 2.94 bits per heavy atom. The van der Waals surface area contributed by atoms with E-state index in [1.54, 1.807) is 25.3 Å². The molecule has 33 heavy (non-hydrogen) atoms. The van der Waals surface area contributed by atoms with Crippen molar-refractivity contribution in [3.8, 4) is 17.5 Å². The van der Waals surface area contributed by atoms with Crippen LogP contribution < -0.4 is 20.1 Å². The van der Waals surface area contributed by atoms with Crippen LogP contribution in [0.15, 0.2) is 34.9 Å². The third kappa shape index (κ3) is 4.10. The molecule has 2 N–H and O–H groups in total. The lowest BCUT2D eigenvalue weighted by Gasteiger charge is -2.11. The van der Waals surface area contributed by atoms with Gasteiger partial charge in [-0.2, -0.15) is 4.98 Å². The zero-order chi connectivity index (χ0) is 22.9. The first-order valence-electron chi connectivity index (χ1n) is 10.3. The number of carbonyl (C=O) groups is 1. The summed E-state index contributed by atoms with van der Waals surface area (Å²) in [6.07, 6.45) is 1.43. The van der Waals surface area contributed by atoms with Crippen molar-refractivity contribution in [2.45, 2.75) is 13.0 Å². The average Bonchev–Trinajstić information content (AvgIpc) is 3.12. The van der Waals surface area contributed by atoms with Crippen molar-refractivity contribution >= 4 is 45.1 Å². The van der Waals surface area contributed by atoms with Crippen LogP contribution in [-0.4, -0.2) is 53.8 Å². The molecule has 1 amide bonds. The van der Waals surface area contributed by atoms with Crippen LogP contribution in [0.1, 0.15) is 17.5 Å². The smallest absolute Gasteiger partial charge is 0.289 e. The van der Waals surface area contributed by atoms with E-state index in [1.165, 1.54) is 6.20 Å². The minimum absolute atomic E-state index is 0.0197. The largest absolute Gasteiger partial charge is 0.484 e. The van der Waals surface area contributed by atoms with Crippen molar-refractivity contribution in [1.29, 1.82) is 0 Å². The van der Waals surface area contributed by atoms with Gasteiger partial charge >= 0.3 is 0 Å². The van der Waals surface area contributed by atoms with E-state index >= 15 is 0 Å². The van der Waals surface area contributed by atoms with Gasteiger partial charge in [0.25, 0.3) is 11.8 Å². The number of nitrogens with zero attached hydrogens (tertiary/aromatic N) is 3. The highest BCUT2D eigenvalue weighted by atomic mass is 35.5. The molecule has 0 saturated carbocycles. The molecule has 0 fully saturated rings. The minimum atomic E-state index is -0.249. The molecule has 1 aromatic carbocycles. The third-order valence-corrected chi connectivity index (χ3v) is 5.29. The summed E-state index contributed by atoms with van der Waals surface area (Å²) in [5, 5.41) is 7.84. The molecule has 1 atom stereocenters. The Hall–Kier alpha value is -3.63. The number of ether oxygens (including phenoxy) is 3. The molecule has 0 bridgehead atoms. The Kier molecular flexibility index (Phi) is 5.61. The lowest BCUT2D eigenvalue weighted by molar-refractivity contribution is 0.0920. The fourth-order valence-corrected chi connectivity index (χ4v) is 3.73. The second kappa shape index (κ2) is 8.72. The number of anilines is 1. The molecule has 4 heterocycles. The second-order valence-corrected chi connectivity index (χ2v) is 7.81. The Balaban J connectivity index is 1.52. The van der Waals surface area contributed by atoms with E-state index in [9.17, 15) is 4.79 Å². The first-order valence-corrected chi connectivity index (χ1v) is 10.6. The number of hydrogen-bond donors (Lipinski definition) is 2. The fraction of sp³-hybridized carbons (Fsp3) is 0.273. The van der Waals surface area contributed by atoms with Gasteiger partial charge in [0.1, 0.15) is 12.2 Å². The quantitative estimate of drug-likeness (QED) is 0.321. The summed E-state index contributed by atoms with van der Waals surface area (Å²) in [6.45, 7) is 3.20. The van der Waals surface area contributed by atoms with Crippen LogP contribution in [0.4, 0.5) is 5.69 Å². The molecule has 170 valence electrons. The number of methoxy groups -OCH3 is 1. The van der Waals surface area contributed by atoms with Gasteiger partial charge in [0.2, 0.25) is 22.7 Å². The molecular formula is C22H20ClN5O5. The van der Waals surface area contributed by atoms with Crippen LogP contribution >= 0.6 is 11.6 Å². The van der Waals surface area contributed by atoms with E-state index in [4.69, 9.17) is 30.2 Å². The van der Waals surface area contributed by atoms with Gasteiger partial charge in [0, 0.05) is 31.1 Å². The van der Waals surface area contributed by atoms with Crippen LogP contribution in [0.3, 0.4) is 0 Å². The Morgan fingerprint density at radius 2 is 2.09 bits per heavy atom. The van der Waals surface area contributed by atoms with Gasteiger partial charge < -0.3 is 29.3 Å². The van der Waals surface area contributed by atoms with Crippen LogP contribution in [0.5, 0.6) is 17.5 Å². The zero-order valence-electron chi connectivity index (χ0n) is 17.8. The summed E-state index contributed by atoms with van der Waals surface area (Å²) in [5.41, 5.74) is 1.91. The number of carbonyl (C=O) groups excluding carboxylic acids is 1. The van der Waals surface area contributed by atoms with E-state index in [1.807, 2.05) is 13.0 Å². The monoisotopic (exact) mass is 469 g/mol. The number of pyridine rings is 1. The number of rotatable bonds is 6. The lowest BCUT2D eigenvalue weighted by atomic mass is 10.1. The van der Waals surface area contributed by atoms with E-state index in [-0.39, 0.29) is 28.9 Å². The van der Waals surface area contributed by atoms with Crippen molar-refractivity contribution in [1.82, 2.24) is 20.3 Å². The van der Waals surface area contributed by atoms with Gasteiger partial charge in [0.15, 0.2) is 0 Å². The second-order valence-electron chi connectivity index (χ2n) is 7.47. The molecule has 1 aliphatic heterocycles. The highest BCUT2D eigenvalue weighted by Crippen LogP contribution is 2.38. The number of amides is 1. The number of nitrogens with one attached hydrogen (secondary N) is 2. The molecule has 10 nitrogen and oxygen atoms in total. The van der Waals surface area contributed by atoms with Crippen LogP contribution in [-0.2, 0) is 4.74 Å². The van der Waals surface area contributed by atoms with Gasteiger partial charge in [-0.3, -0.25) is 4.79 Å². The average molecular weight is 470 g/mol. The van der Waals surface area contributed by atoms with Crippen LogP contribution in [0.2, 0.25) is 5.28 Å². The van der Waals surface area contributed by atoms with Gasteiger partial charge in [-0.05, 0) is 36.7 Å². The third-order valence-electron chi connectivity index (χ3n) is 5.10. The van der Waals surface area contributed by atoms with Gasteiger partial charge in [-0.15, -0.1) is 0 Å². The number of benzene rings is 1. The van der Waals surface area contributed by atoms with E-state index in [0.29, 0.717) is 48.2 Å². The minimum Gasteiger partial charge on any atom is -0.484 e. The molecule has 11 heteroatoms. The molecule has 0 aliphatic carbocycles. The first kappa shape index (κ1) is 21.2. The zero-order valence-corrected chi connectivity index (χ0v) is 18.6. The first-order chi connectivity index (χ1) is 16.0. The van der Waals surface area contributed by atoms with Crippen molar-refractivity contribution in [2.75, 3.05) is 32.2 Å². The molecule has 1 aliphatic rings. The summed E-state index contributed by atoms with van der Waals surface area (Å²) >= 11 is 5.94.